The van der Waals surface area contributed by atoms with Crippen LogP contribution in [-0.2, 0) is 11.2 Å². The van der Waals surface area contributed by atoms with E-state index >= 15 is 0 Å². The number of aryl methyl sites for hydroxylation is 2. The van der Waals surface area contributed by atoms with Crippen LogP contribution < -0.4 is 9.47 Å². The van der Waals surface area contributed by atoms with Gasteiger partial charge < -0.3 is 19.7 Å². The van der Waals surface area contributed by atoms with Gasteiger partial charge in [0.25, 0.3) is 0 Å². The van der Waals surface area contributed by atoms with Gasteiger partial charge in [0.2, 0.25) is 0 Å². The minimum atomic E-state index is -1.04. The van der Waals surface area contributed by atoms with Gasteiger partial charge >= 0.3 is 5.97 Å². The van der Waals surface area contributed by atoms with E-state index in [0.29, 0.717) is 11.3 Å². The van der Waals surface area contributed by atoms with Crippen molar-refractivity contribution in [3.05, 3.63) is 82.9 Å². The van der Waals surface area contributed by atoms with Crippen LogP contribution in [0.3, 0.4) is 0 Å². The van der Waals surface area contributed by atoms with Crippen molar-refractivity contribution >= 4 is 5.97 Å². The summed E-state index contributed by atoms with van der Waals surface area (Å²) < 4.78 is 11.7. The molecule has 0 amide bonds. The van der Waals surface area contributed by atoms with Gasteiger partial charge in [-0.25, -0.2) is 0 Å². The van der Waals surface area contributed by atoms with Crippen LogP contribution in [0.4, 0.5) is 0 Å². The Morgan fingerprint density at radius 1 is 1.10 bits per heavy atom. The third-order valence-electron chi connectivity index (χ3n) is 5.81. The van der Waals surface area contributed by atoms with Gasteiger partial charge in [0.15, 0.2) is 0 Å². The first-order chi connectivity index (χ1) is 14.9. The molecule has 0 radical (unpaired) electrons. The van der Waals surface area contributed by atoms with Gasteiger partial charge in [-0.3, -0.25) is 4.79 Å². The van der Waals surface area contributed by atoms with Crippen molar-refractivity contribution in [3.63, 3.8) is 0 Å². The fraction of sp³-hybridized carbons (Fsp3) is 0.269. The van der Waals surface area contributed by atoms with Crippen molar-refractivity contribution in [1.29, 1.82) is 0 Å². The third kappa shape index (κ3) is 4.57. The summed E-state index contributed by atoms with van der Waals surface area (Å²) in [6.45, 7) is 2.02. The lowest BCUT2D eigenvalue weighted by Gasteiger charge is -2.27. The molecular weight excluding hydrogens is 392 g/mol. The molecule has 1 aliphatic rings. The highest BCUT2D eigenvalue weighted by Gasteiger charge is 2.23. The lowest BCUT2D eigenvalue weighted by molar-refractivity contribution is -0.139. The number of hydrogen-bond donors (Lipinski definition) is 2. The number of aliphatic carboxylic acids is 1. The average Bonchev–Trinajstić information content (AvgIpc) is 2.78. The molecule has 0 saturated heterocycles. The van der Waals surface area contributed by atoms with Crippen molar-refractivity contribution < 1.29 is 24.5 Å². The number of carboxylic acids is 1. The van der Waals surface area contributed by atoms with Crippen LogP contribution in [0.15, 0.2) is 60.7 Å². The maximum atomic E-state index is 10.9. The summed E-state index contributed by atoms with van der Waals surface area (Å²) >= 11 is 0. The molecule has 2 atom stereocenters. The standard InChI is InChI=1S/C26H26O5/c1-16-3-4-20(13-24(16)30-2)17-5-7-18(8-6-17)23-12-11-19-9-10-21(14-25(19)31-23)22(27)15-26(28)29/h3-10,13-14,22-23,27H,11-12,15H2,1-2H3,(H,28,29)/t22-,23?/m1/s1. The Bertz CT molecular complexity index is 1090. The highest BCUT2D eigenvalue weighted by atomic mass is 16.5. The van der Waals surface area contributed by atoms with Crippen LogP contribution >= 0.6 is 0 Å². The average molecular weight is 418 g/mol. The first-order valence-electron chi connectivity index (χ1n) is 10.4. The zero-order valence-electron chi connectivity index (χ0n) is 17.7. The summed E-state index contributed by atoms with van der Waals surface area (Å²) in [5.41, 5.74) is 6.03. The summed E-state index contributed by atoms with van der Waals surface area (Å²) in [6.07, 6.45) is 0.278. The van der Waals surface area contributed by atoms with E-state index in [1.165, 1.54) is 0 Å². The minimum Gasteiger partial charge on any atom is -0.496 e. The van der Waals surface area contributed by atoms with E-state index in [-0.39, 0.29) is 12.5 Å². The number of methoxy groups -OCH3 is 1. The Morgan fingerprint density at radius 2 is 1.84 bits per heavy atom. The topological polar surface area (TPSA) is 76.0 Å². The Hall–Kier alpha value is -3.31. The van der Waals surface area contributed by atoms with E-state index < -0.39 is 12.1 Å². The maximum Gasteiger partial charge on any atom is 0.306 e. The van der Waals surface area contributed by atoms with Gasteiger partial charge in [0.05, 0.1) is 19.6 Å². The smallest absolute Gasteiger partial charge is 0.306 e. The molecule has 1 heterocycles. The highest BCUT2D eigenvalue weighted by Crippen LogP contribution is 2.37. The Labute approximate surface area is 181 Å². The normalized spacial score (nSPS) is 16.2. The first-order valence-corrected chi connectivity index (χ1v) is 10.4. The van der Waals surface area contributed by atoms with E-state index in [2.05, 4.69) is 36.4 Å². The van der Waals surface area contributed by atoms with Crippen LogP contribution in [0, 0.1) is 6.92 Å². The zero-order valence-corrected chi connectivity index (χ0v) is 17.7. The molecule has 0 aromatic heterocycles. The first kappa shape index (κ1) is 20.9. The van der Waals surface area contributed by atoms with Crippen LogP contribution in [0.25, 0.3) is 11.1 Å². The van der Waals surface area contributed by atoms with Gasteiger partial charge in [-0.05, 0) is 65.3 Å². The molecule has 0 aliphatic carbocycles. The molecule has 2 N–H and O–H groups in total. The summed E-state index contributed by atoms with van der Waals surface area (Å²) in [5.74, 6) is 0.551. The SMILES string of the molecule is COc1cc(-c2ccc(C3CCc4ccc([C@H](O)CC(=O)O)cc4O3)cc2)ccc1C. The number of rotatable bonds is 6. The van der Waals surface area contributed by atoms with Crippen LogP contribution in [0.2, 0.25) is 0 Å². The fourth-order valence-electron chi connectivity index (χ4n) is 4.00. The number of carboxylic acid groups (broad SMARTS) is 1. The molecule has 0 saturated carbocycles. The zero-order chi connectivity index (χ0) is 22.0. The molecule has 3 aromatic carbocycles. The Morgan fingerprint density at radius 3 is 2.55 bits per heavy atom. The number of hydrogen-bond acceptors (Lipinski definition) is 4. The highest BCUT2D eigenvalue weighted by molar-refractivity contribution is 5.68. The Kier molecular flexibility index (Phi) is 5.96. The van der Waals surface area contributed by atoms with Crippen molar-refractivity contribution in [2.24, 2.45) is 0 Å². The van der Waals surface area contributed by atoms with Gasteiger partial charge in [-0.15, -0.1) is 0 Å². The summed E-state index contributed by atoms with van der Waals surface area (Å²) in [4.78, 5) is 10.9. The summed E-state index contributed by atoms with van der Waals surface area (Å²) in [7, 11) is 1.68. The molecule has 3 aromatic rings. The van der Waals surface area contributed by atoms with Crippen molar-refractivity contribution in [1.82, 2.24) is 0 Å². The number of fused-ring (bicyclic) bond motifs is 1. The van der Waals surface area contributed by atoms with Gasteiger partial charge in [-0.2, -0.15) is 0 Å². The predicted octanol–water partition coefficient (Wildman–Crippen LogP) is 5.25. The molecule has 0 fully saturated rings. The van der Waals surface area contributed by atoms with Gasteiger partial charge in [-0.1, -0.05) is 48.5 Å². The molecule has 0 spiro atoms. The molecule has 4 rings (SSSR count). The van der Waals surface area contributed by atoms with Crippen molar-refractivity contribution in [2.45, 2.75) is 38.4 Å². The summed E-state index contributed by atoms with van der Waals surface area (Å²) in [6, 6.07) is 20.0. The van der Waals surface area contributed by atoms with E-state index in [4.69, 9.17) is 14.6 Å². The monoisotopic (exact) mass is 418 g/mol. The third-order valence-corrected chi connectivity index (χ3v) is 5.81. The molecule has 0 bridgehead atoms. The van der Waals surface area contributed by atoms with Gasteiger partial charge in [0.1, 0.15) is 17.6 Å². The van der Waals surface area contributed by atoms with Gasteiger partial charge in [0, 0.05) is 0 Å². The second kappa shape index (κ2) is 8.82. The minimum absolute atomic E-state index is 0.0824. The number of carbonyl (C=O) groups is 1. The fourth-order valence-corrected chi connectivity index (χ4v) is 4.00. The van der Waals surface area contributed by atoms with E-state index in [1.807, 2.05) is 19.1 Å². The molecule has 5 heteroatoms. The molecular formula is C26H26O5. The molecule has 160 valence electrons. The van der Waals surface area contributed by atoms with Crippen molar-refractivity contribution in [2.75, 3.05) is 7.11 Å². The van der Waals surface area contributed by atoms with E-state index in [1.54, 1.807) is 19.2 Å². The predicted molar refractivity (Wildman–Crippen MR) is 119 cm³/mol. The largest absolute Gasteiger partial charge is 0.496 e. The molecule has 1 aliphatic heterocycles. The summed E-state index contributed by atoms with van der Waals surface area (Å²) in [5, 5.41) is 19.0. The quantitative estimate of drug-likeness (QED) is 0.572. The van der Waals surface area contributed by atoms with Crippen LogP contribution in [0.5, 0.6) is 11.5 Å². The lowest BCUT2D eigenvalue weighted by Crippen LogP contribution is -2.16. The maximum absolute atomic E-state index is 10.9. The number of ether oxygens (including phenoxy) is 2. The number of benzene rings is 3. The molecule has 5 nitrogen and oxygen atoms in total. The second-order valence-corrected chi connectivity index (χ2v) is 7.93. The van der Waals surface area contributed by atoms with Crippen molar-refractivity contribution in [3.8, 4) is 22.6 Å². The van der Waals surface area contributed by atoms with E-state index in [0.717, 1.165) is 46.4 Å². The second-order valence-electron chi connectivity index (χ2n) is 7.93. The van der Waals surface area contributed by atoms with Crippen LogP contribution in [0.1, 0.15) is 47.3 Å². The number of aliphatic hydroxyl groups excluding tert-OH is 1. The lowest BCUT2D eigenvalue weighted by atomic mass is 9.94. The molecule has 1 unspecified atom stereocenters. The molecule has 31 heavy (non-hydrogen) atoms. The Balaban J connectivity index is 1.52. The number of aliphatic hydroxyl groups is 1. The van der Waals surface area contributed by atoms with Crippen LogP contribution in [-0.4, -0.2) is 23.3 Å². The van der Waals surface area contributed by atoms with E-state index in [9.17, 15) is 9.90 Å².